The van der Waals surface area contributed by atoms with Gasteiger partial charge in [-0.25, -0.2) is 0 Å². The van der Waals surface area contributed by atoms with Gasteiger partial charge >= 0.3 is 0 Å². The average molecular weight is 238 g/mol. The van der Waals surface area contributed by atoms with Crippen LogP contribution in [0.2, 0.25) is 0 Å². The lowest BCUT2D eigenvalue weighted by atomic mass is 9.61. The molecule has 1 nitrogen and oxygen atoms in total. The number of ketones is 1. The third-order valence-electron chi connectivity index (χ3n) is 2.38. The Hall–Kier alpha value is 0.180. The van der Waals surface area contributed by atoms with Crippen LogP contribution in [0.15, 0.2) is 10.0 Å². The van der Waals surface area contributed by atoms with Crippen LogP contribution in [0.5, 0.6) is 0 Å². The molecule has 0 spiro atoms. The van der Waals surface area contributed by atoms with Crippen LogP contribution in [-0.4, -0.2) is 5.78 Å². The van der Waals surface area contributed by atoms with Crippen molar-refractivity contribution in [1.82, 2.24) is 0 Å². The Morgan fingerprint density at radius 2 is 2.36 bits per heavy atom. The van der Waals surface area contributed by atoms with Gasteiger partial charge in [0.15, 0.2) is 0 Å². The number of hydrogen-bond acceptors (Lipinski definition) is 1. The van der Waals surface area contributed by atoms with Gasteiger partial charge in [0.1, 0.15) is 5.78 Å². The number of carbonyl (C=O) groups excluding carboxylic acids is 1. The molecule has 62 valence electrons. The molecule has 0 radical (unpaired) electrons. The molecule has 0 aromatic rings. The summed E-state index contributed by atoms with van der Waals surface area (Å²) >= 11 is 8.76. The predicted molar refractivity (Wildman–Crippen MR) is 49.8 cm³/mol. The summed E-state index contributed by atoms with van der Waals surface area (Å²) in [6, 6.07) is 0. The van der Waals surface area contributed by atoms with E-state index < -0.39 is 0 Å². The second kappa shape index (κ2) is 2.91. The minimum atomic E-state index is -0.200. The van der Waals surface area contributed by atoms with Gasteiger partial charge in [0.2, 0.25) is 0 Å². The van der Waals surface area contributed by atoms with Crippen molar-refractivity contribution in [3.63, 3.8) is 0 Å². The number of Topliss-reactive ketones (excluding diaryl/α,β-unsaturated/α-hetero) is 1. The highest BCUT2D eigenvalue weighted by molar-refractivity contribution is 9.12. The number of hydrogen-bond donors (Lipinski definition) is 0. The van der Waals surface area contributed by atoms with E-state index in [1.807, 2.05) is 19.9 Å². The number of rotatable bonds is 1. The Morgan fingerprint density at radius 1 is 1.82 bits per heavy atom. The highest BCUT2D eigenvalue weighted by Crippen LogP contribution is 2.44. The molecule has 11 heavy (non-hydrogen) atoms. The summed E-state index contributed by atoms with van der Waals surface area (Å²) in [5.41, 5.74) is -0.200. The first kappa shape index (κ1) is 9.27. The second-order valence-electron chi connectivity index (χ2n) is 3.41. The molecule has 0 aliphatic heterocycles. The van der Waals surface area contributed by atoms with E-state index in [4.69, 9.17) is 11.6 Å². The summed E-state index contributed by atoms with van der Waals surface area (Å²) in [7, 11) is 0. The first-order chi connectivity index (χ1) is 4.94. The van der Waals surface area contributed by atoms with E-state index in [-0.39, 0.29) is 5.41 Å². The molecule has 0 heterocycles. The van der Waals surface area contributed by atoms with E-state index in [1.54, 1.807) is 0 Å². The van der Waals surface area contributed by atoms with E-state index in [2.05, 4.69) is 15.9 Å². The molecule has 0 aromatic heterocycles. The lowest BCUT2D eigenvalue weighted by molar-refractivity contribution is -0.139. The Kier molecular flexibility index (Phi) is 2.45. The average Bonchev–Trinajstić information content (AvgIpc) is 1.87. The van der Waals surface area contributed by atoms with Crippen LogP contribution >= 0.6 is 27.5 Å². The summed E-state index contributed by atoms with van der Waals surface area (Å²) in [6.07, 6.45) is 2.53. The Balaban J connectivity index is 2.68. The Bertz CT molecular complexity index is 216. The molecular formula is C8H10BrClO. The maximum Gasteiger partial charge on any atom is 0.139 e. The predicted octanol–water partition coefficient (Wildman–Crippen LogP) is 3.08. The van der Waals surface area contributed by atoms with Crippen molar-refractivity contribution >= 4 is 33.3 Å². The van der Waals surface area contributed by atoms with Gasteiger partial charge in [0, 0.05) is 11.8 Å². The van der Waals surface area contributed by atoms with Crippen molar-refractivity contribution in [2.45, 2.75) is 20.3 Å². The molecule has 0 saturated heterocycles. The monoisotopic (exact) mass is 236 g/mol. The molecule has 0 bridgehead atoms. The summed E-state index contributed by atoms with van der Waals surface area (Å²) in [6.45, 7) is 3.90. The highest BCUT2D eigenvalue weighted by atomic mass is 79.9. The van der Waals surface area contributed by atoms with Crippen LogP contribution in [0.3, 0.4) is 0 Å². The first-order valence-corrected chi connectivity index (χ1v) is 4.68. The van der Waals surface area contributed by atoms with Crippen LogP contribution in [0, 0.1) is 11.3 Å². The molecule has 1 atom stereocenters. The maximum atomic E-state index is 11.1. The lowest BCUT2D eigenvalue weighted by Crippen LogP contribution is -2.44. The Labute approximate surface area is 79.9 Å². The van der Waals surface area contributed by atoms with Gasteiger partial charge < -0.3 is 0 Å². The van der Waals surface area contributed by atoms with Crippen LogP contribution in [-0.2, 0) is 4.79 Å². The molecule has 1 fully saturated rings. The fourth-order valence-corrected chi connectivity index (χ4v) is 1.68. The minimum Gasteiger partial charge on any atom is -0.299 e. The third kappa shape index (κ3) is 1.67. The fourth-order valence-electron chi connectivity index (χ4n) is 1.21. The molecule has 1 rings (SSSR count). The molecular weight excluding hydrogens is 227 g/mol. The lowest BCUT2D eigenvalue weighted by Gasteiger charge is -2.40. The quantitative estimate of drug-likeness (QED) is 0.685. The van der Waals surface area contributed by atoms with E-state index in [1.165, 1.54) is 0 Å². The van der Waals surface area contributed by atoms with Gasteiger partial charge in [0.25, 0.3) is 0 Å². The van der Waals surface area contributed by atoms with Crippen LogP contribution < -0.4 is 0 Å². The van der Waals surface area contributed by atoms with Crippen molar-refractivity contribution in [2.75, 3.05) is 0 Å². The minimum absolute atomic E-state index is 0.200. The maximum absolute atomic E-state index is 11.1. The van der Waals surface area contributed by atoms with Gasteiger partial charge in [-0.05, 0) is 21.8 Å². The zero-order valence-electron chi connectivity index (χ0n) is 6.53. The van der Waals surface area contributed by atoms with Gasteiger partial charge in [-0.15, -0.1) is 0 Å². The fraction of sp³-hybridized carbons (Fsp3) is 0.625. The van der Waals surface area contributed by atoms with Crippen LogP contribution in [0.4, 0.5) is 0 Å². The number of allylic oxidation sites excluding steroid dienone is 1. The molecule has 1 aliphatic rings. The normalized spacial score (nSPS) is 30.0. The molecule has 0 N–H and O–H groups in total. The number of halogens is 2. The van der Waals surface area contributed by atoms with Gasteiger partial charge in [-0.1, -0.05) is 31.5 Å². The van der Waals surface area contributed by atoms with Gasteiger partial charge in [-0.2, -0.15) is 0 Å². The molecule has 0 aromatic carbocycles. The highest BCUT2D eigenvalue weighted by Gasteiger charge is 2.45. The topological polar surface area (TPSA) is 17.1 Å². The zero-order valence-corrected chi connectivity index (χ0v) is 8.87. The zero-order chi connectivity index (χ0) is 8.65. The summed E-state index contributed by atoms with van der Waals surface area (Å²) < 4.78 is 0.600. The molecule has 3 heteroatoms. The number of carbonyl (C=O) groups is 1. The van der Waals surface area contributed by atoms with Crippen LogP contribution in [0.1, 0.15) is 20.3 Å². The van der Waals surface area contributed by atoms with Crippen molar-refractivity contribution in [2.24, 2.45) is 11.3 Å². The van der Waals surface area contributed by atoms with E-state index in [0.29, 0.717) is 22.1 Å². The van der Waals surface area contributed by atoms with E-state index in [9.17, 15) is 4.79 Å². The SMILES string of the molecule is CC1(C)C(=O)CC1/C=C(\Cl)Br. The Morgan fingerprint density at radius 3 is 2.64 bits per heavy atom. The summed E-state index contributed by atoms with van der Waals surface area (Å²) in [5, 5.41) is 0. The standard InChI is InChI=1S/C8H10BrClO/c1-8(2)5(3-6(8)11)4-7(9)10/h4-5H,3H2,1-2H3/b7-4-. The van der Waals surface area contributed by atoms with Crippen molar-refractivity contribution < 1.29 is 4.79 Å². The van der Waals surface area contributed by atoms with Crippen molar-refractivity contribution in [3.8, 4) is 0 Å². The molecule has 1 unspecified atom stereocenters. The van der Waals surface area contributed by atoms with E-state index >= 15 is 0 Å². The van der Waals surface area contributed by atoms with Gasteiger partial charge in [-0.3, -0.25) is 4.79 Å². The third-order valence-corrected chi connectivity index (χ3v) is 2.77. The van der Waals surface area contributed by atoms with Crippen molar-refractivity contribution in [3.05, 3.63) is 10.0 Å². The molecule has 1 aliphatic carbocycles. The first-order valence-electron chi connectivity index (χ1n) is 3.50. The van der Waals surface area contributed by atoms with Crippen LogP contribution in [0.25, 0.3) is 0 Å². The largest absolute Gasteiger partial charge is 0.299 e. The smallest absolute Gasteiger partial charge is 0.139 e. The second-order valence-corrected chi connectivity index (χ2v) is 5.13. The summed E-state index contributed by atoms with van der Waals surface area (Å²) in [5.74, 6) is 0.631. The molecule has 0 amide bonds. The van der Waals surface area contributed by atoms with E-state index in [0.717, 1.165) is 0 Å². The van der Waals surface area contributed by atoms with Crippen molar-refractivity contribution in [1.29, 1.82) is 0 Å². The summed E-state index contributed by atoms with van der Waals surface area (Å²) in [4.78, 5) is 11.1. The van der Waals surface area contributed by atoms with Gasteiger partial charge in [0.05, 0.1) is 3.94 Å². The molecule has 1 saturated carbocycles.